The third-order valence-corrected chi connectivity index (χ3v) is 5.03. The number of carbonyl (C=O) groups excluding carboxylic acids is 1. The molecule has 0 bridgehead atoms. The van der Waals surface area contributed by atoms with Crippen molar-refractivity contribution in [1.82, 2.24) is 5.32 Å². The maximum absolute atomic E-state index is 12.7. The van der Waals surface area contributed by atoms with Gasteiger partial charge in [0.1, 0.15) is 11.6 Å². The molecule has 1 heterocycles. The Balaban J connectivity index is 1.85. The number of sulfone groups is 1. The summed E-state index contributed by atoms with van der Waals surface area (Å²) >= 11 is 0. The lowest BCUT2D eigenvalue weighted by Gasteiger charge is -2.23. The molecule has 1 aliphatic heterocycles. The van der Waals surface area contributed by atoms with E-state index in [0.29, 0.717) is 12.2 Å². The Morgan fingerprint density at radius 2 is 2.05 bits per heavy atom. The average molecular weight is 301 g/mol. The van der Waals surface area contributed by atoms with Crippen LogP contribution in [0.1, 0.15) is 13.3 Å². The number of ether oxygens (including phenoxy) is 1. The van der Waals surface area contributed by atoms with Gasteiger partial charge in [-0.15, -0.1) is 0 Å². The third kappa shape index (κ3) is 3.93. The standard InChI is InChI=1S/C13H16FNO4S/c1-13(6-7-20(17,18)9-13)15-12(16)8-19-11-4-2-10(14)3-5-11/h2-5H,6-9H2,1H3,(H,15,16). The summed E-state index contributed by atoms with van der Waals surface area (Å²) in [4.78, 5) is 11.8. The van der Waals surface area contributed by atoms with Gasteiger partial charge in [0, 0.05) is 0 Å². The quantitative estimate of drug-likeness (QED) is 0.897. The van der Waals surface area contributed by atoms with Gasteiger partial charge in [-0.05, 0) is 37.6 Å². The zero-order valence-electron chi connectivity index (χ0n) is 11.1. The van der Waals surface area contributed by atoms with Gasteiger partial charge in [0.25, 0.3) is 5.91 Å². The Morgan fingerprint density at radius 3 is 2.60 bits per heavy atom. The Morgan fingerprint density at radius 1 is 1.40 bits per heavy atom. The molecule has 0 radical (unpaired) electrons. The summed E-state index contributed by atoms with van der Waals surface area (Å²) in [5.74, 6) is -0.365. The topological polar surface area (TPSA) is 72.5 Å². The SMILES string of the molecule is CC1(NC(=O)COc2ccc(F)cc2)CCS(=O)(=O)C1. The number of halogens is 1. The molecule has 1 aliphatic rings. The van der Waals surface area contributed by atoms with Crippen molar-refractivity contribution in [3.05, 3.63) is 30.1 Å². The Hall–Kier alpha value is -1.63. The molecule has 20 heavy (non-hydrogen) atoms. The van der Waals surface area contributed by atoms with Crippen LogP contribution < -0.4 is 10.1 Å². The van der Waals surface area contributed by atoms with Crippen LogP contribution in [0.15, 0.2) is 24.3 Å². The summed E-state index contributed by atoms with van der Waals surface area (Å²) in [5, 5.41) is 2.68. The van der Waals surface area contributed by atoms with Gasteiger partial charge in [-0.1, -0.05) is 0 Å². The van der Waals surface area contributed by atoms with Crippen LogP contribution in [0.25, 0.3) is 0 Å². The van der Waals surface area contributed by atoms with E-state index in [1.807, 2.05) is 0 Å². The molecule has 1 saturated heterocycles. The van der Waals surface area contributed by atoms with E-state index < -0.39 is 21.3 Å². The first kappa shape index (κ1) is 14.8. The van der Waals surface area contributed by atoms with Crippen molar-refractivity contribution in [2.75, 3.05) is 18.1 Å². The van der Waals surface area contributed by atoms with Crippen molar-refractivity contribution in [2.24, 2.45) is 0 Å². The van der Waals surface area contributed by atoms with Crippen LogP contribution in [-0.2, 0) is 14.6 Å². The fourth-order valence-electron chi connectivity index (χ4n) is 2.16. The number of hydrogen-bond acceptors (Lipinski definition) is 4. The first-order valence-corrected chi connectivity index (χ1v) is 8.00. The molecule has 1 unspecified atom stereocenters. The van der Waals surface area contributed by atoms with Crippen molar-refractivity contribution in [2.45, 2.75) is 18.9 Å². The van der Waals surface area contributed by atoms with Crippen molar-refractivity contribution in [1.29, 1.82) is 0 Å². The fourth-order valence-corrected chi connectivity index (χ4v) is 4.25. The lowest BCUT2D eigenvalue weighted by Crippen LogP contribution is -2.48. The largest absolute Gasteiger partial charge is 0.484 e. The van der Waals surface area contributed by atoms with Crippen LogP contribution in [0.5, 0.6) is 5.75 Å². The van der Waals surface area contributed by atoms with E-state index >= 15 is 0 Å². The minimum absolute atomic E-state index is 0.0533. The van der Waals surface area contributed by atoms with Crippen molar-refractivity contribution in [3.63, 3.8) is 0 Å². The lowest BCUT2D eigenvalue weighted by molar-refractivity contribution is -0.124. The predicted octanol–water partition coefficient (Wildman–Crippen LogP) is 0.898. The van der Waals surface area contributed by atoms with E-state index in [1.54, 1.807) is 6.92 Å². The summed E-state index contributed by atoms with van der Waals surface area (Å²) in [6, 6.07) is 5.31. The highest BCUT2D eigenvalue weighted by Crippen LogP contribution is 2.22. The minimum atomic E-state index is -3.07. The van der Waals surface area contributed by atoms with E-state index in [9.17, 15) is 17.6 Å². The summed E-state index contributed by atoms with van der Waals surface area (Å²) < 4.78 is 40.7. The number of rotatable bonds is 4. The predicted molar refractivity (Wildman–Crippen MR) is 71.7 cm³/mol. The monoisotopic (exact) mass is 301 g/mol. The van der Waals surface area contributed by atoms with Crippen LogP contribution in [0, 0.1) is 5.82 Å². The average Bonchev–Trinajstić information content (AvgIpc) is 2.62. The van der Waals surface area contributed by atoms with Gasteiger partial charge in [0.05, 0.1) is 17.0 Å². The van der Waals surface area contributed by atoms with E-state index in [2.05, 4.69) is 5.32 Å². The van der Waals surface area contributed by atoms with Crippen LogP contribution >= 0.6 is 0 Å². The molecule has 2 rings (SSSR count). The van der Waals surface area contributed by atoms with E-state index in [1.165, 1.54) is 24.3 Å². The molecule has 1 atom stereocenters. The molecule has 0 saturated carbocycles. The second kappa shape index (κ2) is 5.40. The summed E-state index contributed by atoms with van der Waals surface area (Å²) in [6.45, 7) is 1.47. The molecule has 1 fully saturated rings. The molecule has 7 heteroatoms. The highest BCUT2D eigenvalue weighted by Gasteiger charge is 2.39. The number of amides is 1. The Kier molecular flexibility index (Phi) is 3.99. The maximum atomic E-state index is 12.7. The first-order valence-electron chi connectivity index (χ1n) is 6.18. The molecule has 5 nitrogen and oxygen atoms in total. The number of hydrogen-bond donors (Lipinski definition) is 1. The summed E-state index contributed by atoms with van der Waals surface area (Å²) in [7, 11) is -3.07. The second-order valence-electron chi connectivity index (χ2n) is 5.19. The molecular weight excluding hydrogens is 285 g/mol. The fraction of sp³-hybridized carbons (Fsp3) is 0.462. The third-order valence-electron chi connectivity index (χ3n) is 3.13. The van der Waals surface area contributed by atoms with Gasteiger partial charge in [-0.2, -0.15) is 0 Å². The van der Waals surface area contributed by atoms with Gasteiger partial charge >= 0.3 is 0 Å². The first-order chi connectivity index (χ1) is 9.28. The van der Waals surface area contributed by atoms with Gasteiger partial charge in [-0.3, -0.25) is 4.79 Å². The Labute approximate surface area is 117 Å². The molecular formula is C13H16FNO4S. The van der Waals surface area contributed by atoms with Crippen molar-refractivity contribution >= 4 is 15.7 Å². The van der Waals surface area contributed by atoms with Crippen LogP contribution in [0.4, 0.5) is 4.39 Å². The minimum Gasteiger partial charge on any atom is -0.484 e. The van der Waals surface area contributed by atoms with Gasteiger partial charge in [-0.25, -0.2) is 12.8 Å². The molecule has 1 aromatic rings. The zero-order chi connectivity index (χ0) is 14.8. The lowest BCUT2D eigenvalue weighted by atomic mass is 10.0. The maximum Gasteiger partial charge on any atom is 0.258 e. The van der Waals surface area contributed by atoms with Gasteiger partial charge < -0.3 is 10.1 Å². The van der Waals surface area contributed by atoms with Crippen LogP contribution in [-0.4, -0.2) is 38.0 Å². The smallest absolute Gasteiger partial charge is 0.258 e. The highest BCUT2D eigenvalue weighted by atomic mass is 32.2. The van der Waals surface area contributed by atoms with E-state index in [-0.39, 0.29) is 23.9 Å². The number of benzene rings is 1. The number of carbonyl (C=O) groups is 1. The molecule has 1 N–H and O–H groups in total. The van der Waals surface area contributed by atoms with Crippen molar-refractivity contribution < 1.29 is 22.3 Å². The highest BCUT2D eigenvalue weighted by molar-refractivity contribution is 7.91. The van der Waals surface area contributed by atoms with Crippen LogP contribution in [0.3, 0.4) is 0 Å². The molecule has 0 aliphatic carbocycles. The second-order valence-corrected chi connectivity index (χ2v) is 7.38. The molecule has 110 valence electrons. The Bertz CT molecular complexity index is 599. The summed E-state index contributed by atoms with van der Waals surface area (Å²) in [5.41, 5.74) is -0.734. The molecule has 1 aromatic carbocycles. The summed E-state index contributed by atoms with van der Waals surface area (Å²) in [6.07, 6.45) is 0.400. The van der Waals surface area contributed by atoms with Crippen LogP contribution in [0.2, 0.25) is 0 Å². The van der Waals surface area contributed by atoms with E-state index in [0.717, 1.165) is 0 Å². The molecule has 0 spiro atoms. The van der Waals surface area contributed by atoms with Gasteiger partial charge in [0.2, 0.25) is 0 Å². The molecule has 1 amide bonds. The number of nitrogens with one attached hydrogen (secondary N) is 1. The molecule has 0 aromatic heterocycles. The van der Waals surface area contributed by atoms with Gasteiger partial charge in [0.15, 0.2) is 16.4 Å². The van der Waals surface area contributed by atoms with E-state index in [4.69, 9.17) is 4.74 Å². The normalized spacial score (nSPS) is 24.3. The van der Waals surface area contributed by atoms with Crippen molar-refractivity contribution in [3.8, 4) is 5.75 Å². The zero-order valence-corrected chi connectivity index (χ0v) is 11.9.